The van der Waals surface area contributed by atoms with E-state index in [4.69, 9.17) is 0 Å². The van der Waals surface area contributed by atoms with E-state index in [0.29, 0.717) is 12.2 Å². The molecule has 0 saturated heterocycles. The number of ketones is 1. The van der Waals surface area contributed by atoms with Gasteiger partial charge in [-0.3, -0.25) is 9.69 Å². The van der Waals surface area contributed by atoms with Gasteiger partial charge in [0.15, 0.2) is 5.78 Å². The van der Waals surface area contributed by atoms with Gasteiger partial charge in [0.1, 0.15) is 0 Å². The summed E-state index contributed by atoms with van der Waals surface area (Å²) in [6, 6.07) is 6.91. The Balaban J connectivity index is 1.89. The van der Waals surface area contributed by atoms with E-state index in [1.807, 2.05) is 12.1 Å². The number of benzene rings is 1. The number of hydrogen-bond acceptors (Lipinski definition) is 2. The van der Waals surface area contributed by atoms with Crippen molar-refractivity contribution in [1.29, 1.82) is 0 Å². The van der Waals surface area contributed by atoms with Gasteiger partial charge in [-0.2, -0.15) is 0 Å². The number of aryl methyl sites for hydroxylation is 2. The van der Waals surface area contributed by atoms with Crippen LogP contribution in [0.15, 0.2) is 18.2 Å². The molecule has 2 nitrogen and oxygen atoms in total. The Kier molecular flexibility index (Phi) is 5.36. The third-order valence-electron chi connectivity index (χ3n) is 4.03. The summed E-state index contributed by atoms with van der Waals surface area (Å²) in [7, 11) is 0. The Hall–Kier alpha value is -1.15. The van der Waals surface area contributed by atoms with Crippen LogP contribution in [0.3, 0.4) is 0 Å². The monoisotopic (exact) mass is 273 g/mol. The Morgan fingerprint density at radius 1 is 1.15 bits per heavy atom. The quantitative estimate of drug-likeness (QED) is 0.663. The molecule has 110 valence electrons. The summed E-state index contributed by atoms with van der Waals surface area (Å²) in [5.41, 5.74) is 3.24. The maximum atomic E-state index is 12.3. The molecule has 1 aliphatic rings. The Bertz CT molecular complexity index is 442. The van der Waals surface area contributed by atoms with Crippen molar-refractivity contribution in [3.8, 4) is 0 Å². The summed E-state index contributed by atoms with van der Waals surface area (Å²) in [4.78, 5) is 14.9. The second-order valence-corrected chi connectivity index (χ2v) is 6.17. The van der Waals surface area contributed by atoms with Crippen LogP contribution in [-0.2, 0) is 0 Å². The van der Waals surface area contributed by atoms with Gasteiger partial charge >= 0.3 is 0 Å². The van der Waals surface area contributed by atoms with E-state index in [-0.39, 0.29) is 0 Å². The minimum atomic E-state index is 0.291. The topological polar surface area (TPSA) is 20.3 Å². The Labute approximate surface area is 123 Å². The van der Waals surface area contributed by atoms with E-state index in [1.165, 1.54) is 36.8 Å². The summed E-state index contributed by atoms with van der Waals surface area (Å²) >= 11 is 0. The van der Waals surface area contributed by atoms with Crippen LogP contribution in [0.5, 0.6) is 0 Å². The van der Waals surface area contributed by atoms with E-state index in [1.54, 1.807) is 0 Å². The molecule has 0 atom stereocenters. The number of hydrogen-bond donors (Lipinski definition) is 0. The number of rotatable bonds is 8. The molecule has 0 aromatic heterocycles. The molecule has 0 N–H and O–H groups in total. The minimum absolute atomic E-state index is 0.291. The third kappa shape index (κ3) is 4.45. The van der Waals surface area contributed by atoms with Crippen molar-refractivity contribution in [2.75, 3.05) is 13.1 Å². The van der Waals surface area contributed by atoms with E-state index >= 15 is 0 Å². The molecule has 1 aliphatic carbocycles. The summed E-state index contributed by atoms with van der Waals surface area (Å²) in [5.74, 6) is 0.291. The zero-order valence-corrected chi connectivity index (χ0v) is 13.1. The molecule has 0 bridgehead atoms. The highest BCUT2D eigenvalue weighted by Crippen LogP contribution is 2.27. The summed E-state index contributed by atoms with van der Waals surface area (Å²) < 4.78 is 0. The van der Waals surface area contributed by atoms with E-state index < -0.39 is 0 Å². The van der Waals surface area contributed by atoms with Gasteiger partial charge in [0.05, 0.1) is 0 Å². The van der Waals surface area contributed by atoms with Crippen molar-refractivity contribution in [1.82, 2.24) is 4.90 Å². The van der Waals surface area contributed by atoms with Gasteiger partial charge in [0, 0.05) is 24.6 Å². The van der Waals surface area contributed by atoms with Crippen LogP contribution in [-0.4, -0.2) is 29.8 Å². The van der Waals surface area contributed by atoms with Crippen molar-refractivity contribution in [3.05, 3.63) is 34.9 Å². The molecule has 0 aliphatic heterocycles. The largest absolute Gasteiger partial charge is 0.300 e. The van der Waals surface area contributed by atoms with E-state index in [2.05, 4.69) is 31.7 Å². The molecule has 20 heavy (non-hydrogen) atoms. The molecule has 0 radical (unpaired) electrons. The summed E-state index contributed by atoms with van der Waals surface area (Å²) in [5, 5.41) is 0. The van der Waals surface area contributed by atoms with Gasteiger partial charge in [0.2, 0.25) is 0 Å². The van der Waals surface area contributed by atoms with Gasteiger partial charge in [0.25, 0.3) is 0 Å². The van der Waals surface area contributed by atoms with Crippen LogP contribution in [0, 0.1) is 13.8 Å². The third-order valence-corrected chi connectivity index (χ3v) is 4.03. The molecule has 1 fully saturated rings. The zero-order chi connectivity index (χ0) is 14.5. The number of Topliss-reactive ketones (excluding diaryl/α,β-unsaturated/α-hetero) is 1. The SMILES string of the molecule is CCCCN(CCC(=O)c1cc(C)cc(C)c1)C1CC1. The first kappa shape index (κ1) is 15.2. The minimum Gasteiger partial charge on any atom is -0.300 e. The molecule has 2 heteroatoms. The number of unbranched alkanes of at least 4 members (excludes halogenated alkanes) is 1. The zero-order valence-electron chi connectivity index (χ0n) is 13.1. The highest BCUT2D eigenvalue weighted by Gasteiger charge is 2.28. The number of carbonyl (C=O) groups excluding carboxylic acids is 1. The lowest BCUT2D eigenvalue weighted by Crippen LogP contribution is -2.29. The second-order valence-electron chi connectivity index (χ2n) is 6.17. The van der Waals surface area contributed by atoms with Crippen LogP contribution >= 0.6 is 0 Å². The predicted octanol–water partition coefficient (Wildman–Crippen LogP) is 4.14. The van der Waals surface area contributed by atoms with Gasteiger partial charge < -0.3 is 0 Å². The highest BCUT2D eigenvalue weighted by atomic mass is 16.1. The Morgan fingerprint density at radius 2 is 1.80 bits per heavy atom. The van der Waals surface area contributed by atoms with Gasteiger partial charge in [-0.25, -0.2) is 0 Å². The lowest BCUT2D eigenvalue weighted by Gasteiger charge is -2.21. The van der Waals surface area contributed by atoms with Crippen molar-refractivity contribution in [2.24, 2.45) is 0 Å². The van der Waals surface area contributed by atoms with Gasteiger partial charge in [-0.1, -0.05) is 30.5 Å². The average Bonchev–Trinajstić information content (AvgIpc) is 3.22. The van der Waals surface area contributed by atoms with Crippen LogP contribution in [0.25, 0.3) is 0 Å². The van der Waals surface area contributed by atoms with E-state index in [0.717, 1.165) is 24.7 Å². The van der Waals surface area contributed by atoms with E-state index in [9.17, 15) is 4.79 Å². The van der Waals surface area contributed by atoms with Crippen LogP contribution in [0.4, 0.5) is 0 Å². The molecule has 1 saturated carbocycles. The van der Waals surface area contributed by atoms with Crippen molar-refractivity contribution in [3.63, 3.8) is 0 Å². The molecule has 0 unspecified atom stereocenters. The normalized spacial score (nSPS) is 14.8. The van der Waals surface area contributed by atoms with Crippen molar-refractivity contribution >= 4 is 5.78 Å². The molecular weight excluding hydrogens is 246 g/mol. The molecule has 1 aromatic rings. The summed E-state index contributed by atoms with van der Waals surface area (Å²) in [6.45, 7) is 8.42. The average molecular weight is 273 g/mol. The maximum Gasteiger partial charge on any atom is 0.164 e. The standard InChI is InChI=1S/C18H27NO/c1-4-5-9-19(17-6-7-17)10-8-18(20)16-12-14(2)11-15(3)13-16/h11-13,17H,4-10H2,1-3H3. The fourth-order valence-corrected chi connectivity index (χ4v) is 2.80. The molecule has 2 rings (SSSR count). The number of nitrogens with zero attached hydrogens (tertiary/aromatic N) is 1. The molecular formula is C18H27NO. The van der Waals surface area contributed by atoms with Gasteiger partial charge in [-0.15, -0.1) is 0 Å². The fourth-order valence-electron chi connectivity index (χ4n) is 2.80. The van der Waals surface area contributed by atoms with Crippen molar-refractivity contribution in [2.45, 2.75) is 58.9 Å². The second kappa shape index (κ2) is 7.03. The predicted molar refractivity (Wildman–Crippen MR) is 84.4 cm³/mol. The molecule has 1 aromatic carbocycles. The first-order valence-corrected chi connectivity index (χ1v) is 7.95. The lowest BCUT2D eigenvalue weighted by atomic mass is 10.0. The smallest absolute Gasteiger partial charge is 0.164 e. The Morgan fingerprint density at radius 3 is 2.35 bits per heavy atom. The maximum absolute atomic E-state index is 12.3. The van der Waals surface area contributed by atoms with Crippen LogP contribution in [0.1, 0.15) is 60.5 Å². The molecule has 0 spiro atoms. The van der Waals surface area contributed by atoms with Crippen LogP contribution in [0.2, 0.25) is 0 Å². The van der Waals surface area contributed by atoms with Gasteiger partial charge in [-0.05, 0) is 51.8 Å². The molecule has 0 heterocycles. The van der Waals surface area contributed by atoms with Crippen LogP contribution < -0.4 is 0 Å². The fraction of sp³-hybridized carbons (Fsp3) is 0.611. The first-order chi connectivity index (χ1) is 9.60. The lowest BCUT2D eigenvalue weighted by molar-refractivity contribution is 0.0961. The first-order valence-electron chi connectivity index (χ1n) is 7.95. The molecule has 0 amide bonds. The number of carbonyl (C=O) groups is 1. The van der Waals surface area contributed by atoms with Crippen molar-refractivity contribution < 1.29 is 4.79 Å². The highest BCUT2D eigenvalue weighted by molar-refractivity contribution is 5.96. The summed E-state index contributed by atoms with van der Waals surface area (Å²) in [6.07, 6.45) is 5.77.